The van der Waals surface area contributed by atoms with Crippen LogP contribution in [0.3, 0.4) is 0 Å². The molecule has 6 rings (SSSR count). The van der Waals surface area contributed by atoms with Gasteiger partial charge in [-0.1, -0.05) is 0 Å². The fraction of sp³-hybridized carbons (Fsp3) is 0.308. The van der Waals surface area contributed by atoms with Crippen molar-refractivity contribution in [1.29, 1.82) is 0 Å². The first-order valence-corrected chi connectivity index (χ1v) is 11.6. The first-order chi connectivity index (χ1) is 17.1. The summed E-state index contributed by atoms with van der Waals surface area (Å²) >= 11 is 0. The Morgan fingerprint density at radius 1 is 1.26 bits per heavy atom. The Kier molecular flexibility index (Phi) is 5.43. The highest BCUT2D eigenvalue weighted by molar-refractivity contribution is 5.97. The summed E-state index contributed by atoms with van der Waals surface area (Å²) in [6.45, 7) is 3.60. The van der Waals surface area contributed by atoms with Gasteiger partial charge in [0.05, 0.1) is 36.3 Å². The van der Waals surface area contributed by atoms with E-state index in [1.165, 1.54) is 6.92 Å². The van der Waals surface area contributed by atoms with Crippen LogP contribution in [0, 0.1) is 0 Å². The summed E-state index contributed by atoms with van der Waals surface area (Å²) < 4.78 is 18.4. The molecule has 1 atom stereocenters. The largest absolute Gasteiger partial charge is 0.488 e. The molecule has 2 aliphatic heterocycles. The maximum absolute atomic E-state index is 11.6. The van der Waals surface area contributed by atoms with Crippen LogP contribution in [0.5, 0.6) is 5.75 Å². The minimum absolute atomic E-state index is 0.173. The number of hydrogen-bond donors (Lipinski definition) is 2. The predicted octanol–water partition coefficient (Wildman–Crippen LogP) is 3.75. The van der Waals surface area contributed by atoms with E-state index < -0.39 is 5.60 Å². The van der Waals surface area contributed by atoms with E-state index in [0.29, 0.717) is 32.2 Å². The van der Waals surface area contributed by atoms with Crippen molar-refractivity contribution < 1.29 is 19.0 Å². The summed E-state index contributed by atoms with van der Waals surface area (Å²) in [6.07, 6.45) is 8.62. The van der Waals surface area contributed by atoms with Crippen molar-refractivity contribution in [3.8, 4) is 17.0 Å². The standard InChI is InChI=1S/C26H25N5O4/c1-16(32)30-24-10-19-20(12-28-22(19)13-29-24)21-11-23(34-14-17-2-6-27-7-3-17)18-4-8-35-26(25(18)31-21)5-9-33-15-26/h2-3,6-7,10-13,28H,4-5,8-9,14-15H2,1H3,(H,29,30,32). The molecule has 2 N–H and O–H groups in total. The zero-order valence-electron chi connectivity index (χ0n) is 19.3. The summed E-state index contributed by atoms with van der Waals surface area (Å²) in [5.74, 6) is 1.11. The van der Waals surface area contributed by atoms with Crippen LogP contribution in [0.1, 0.15) is 30.2 Å². The van der Waals surface area contributed by atoms with Crippen LogP contribution in [0.25, 0.3) is 22.2 Å². The van der Waals surface area contributed by atoms with Gasteiger partial charge >= 0.3 is 0 Å². The number of hydrogen-bond acceptors (Lipinski definition) is 7. The molecule has 35 heavy (non-hydrogen) atoms. The molecular weight excluding hydrogens is 446 g/mol. The predicted molar refractivity (Wildman–Crippen MR) is 129 cm³/mol. The molecule has 0 aliphatic carbocycles. The van der Waals surface area contributed by atoms with Gasteiger partial charge in [0.1, 0.15) is 23.8 Å². The van der Waals surface area contributed by atoms with Crippen molar-refractivity contribution in [2.45, 2.75) is 32.0 Å². The molecule has 1 fully saturated rings. The summed E-state index contributed by atoms with van der Waals surface area (Å²) in [5, 5.41) is 3.66. The first kappa shape index (κ1) is 21.7. The second kappa shape index (κ2) is 8.75. The zero-order chi connectivity index (χ0) is 23.8. The topological polar surface area (TPSA) is 111 Å². The molecule has 1 unspecified atom stereocenters. The van der Waals surface area contributed by atoms with Crippen molar-refractivity contribution in [3.63, 3.8) is 0 Å². The molecule has 1 amide bonds. The molecule has 9 heteroatoms. The molecule has 0 saturated carbocycles. The summed E-state index contributed by atoms with van der Waals surface area (Å²) in [5.41, 5.74) is 4.93. The van der Waals surface area contributed by atoms with Crippen LogP contribution in [0.15, 0.2) is 49.1 Å². The number of amides is 1. The third-order valence-electron chi connectivity index (χ3n) is 6.52. The van der Waals surface area contributed by atoms with Gasteiger partial charge in [-0.05, 0) is 23.8 Å². The first-order valence-electron chi connectivity index (χ1n) is 11.6. The molecule has 178 valence electrons. The van der Waals surface area contributed by atoms with Gasteiger partial charge in [-0.3, -0.25) is 9.78 Å². The van der Waals surface area contributed by atoms with Gasteiger partial charge in [-0.15, -0.1) is 0 Å². The van der Waals surface area contributed by atoms with Gasteiger partial charge in [0.25, 0.3) is 0 Å². The number of nitrogens with one attached hydrogen (secondary N) is 2. The van der Waals surface area contributed by atoms with Crippen LogP contribution in [-0.4, -0.2) is 45.7 Å². The highest BCUT2D eigenvalue weighted by Crippen LogP contribution is 2.44. The van der Waals surface area contributed by atoms with E-state index in [0.717, 1.165) is 57.6 Å². The molecule has 0 radical (unpaired) electrons. The monoisotopic (exact) mass is 471 g/mol. The average molecular weight is 472 g/mol. The molecular formula is C26H25N5O4. The Morgan fingerprint density at radius 2 is 2.14 bits per heavy atom. The Hall–Kier alpha value is -3.82. The van der Waals surface area contributed by atoms with E-state index in [-0.39, 0.29) is 5.91 Å². The minimum Gasteiger partial charge on any atom is -0.488 e. The van der Waals surface area contributed by atoms with Gasteiger partial charge < -0.3 is 24.5 Å². The van der Waals surface area contributed by atoms with Crippen molar-refractivity contribution in [3.05, 3.63) is 65.9 Å². The van der Waals surface area contributed by atoms with E-state index in [9.17, 15) is 4.79 Å². The SMILES string of the molecule is CC(=O)Nc1cc2c(-c3cc(OCc4ccncc4)c4c(n3)C3(CCOC3)OCC4)c[nH]c2cn1. The fourth-order valence-corrected chi connectivity index (χ4v) is 4.82. The number of nitrogens with zero attached hydrogens (tertiary/aromatic N) is 3. The van der Waals surface area contributed by atoms with Crippen LogP contribution in [0.4, 0.5) is 5.82 Å². The molecule has 0 aromatic carbocycles. The Balaban J connectivity index is 1.47. The van der Waals surface area contributed by atoms with Crippen molar-refractivity contribution in [1.82, 2.24) is 19.9 Å². The second-order valence-corrected chi connectivity index (χ2v) is 8.87. The van der Waals surface area contributed by atoms with Crippen LogP contribution in [0.2, 0.25) is 0 Å². The van der Waals surface area contributed by atoms with Gasteiger partial charge in [0.15, 0.2) is 0 Å². The van der Waals surface area contributed by atoms with Crippen LogP contribution >= 0.6 is 0 Å². The van der Waals surface area contributed by atoms with Gasteiger partial charge in [-0.25, -0.2) is 9.97 Å². The van der Waals surface area contributed by atoms with Crippen LogP contribution in [-0.2, 0) is 32.9 Å². The summed E-state index contributed by atoms with van der Waals surface area (Å²) in [4.78, 5) is 28.4. The van der Waals surface area contributed by atoms with E-state index >= 15 is 0 Å². The highest BCUT2D eigenvalue weighted by atomic mass is 16.6. The van der Waals surface area contributed by atoms with Crippen molar-refractivity contribution in [2.24, 2.45) is 0 Å². The maximum atomic E-state index is 11.6. The van der Waals surface area contributed by atoms with E-state index in [4.69, 9.17) is 19.2 Å². The van der Waals surface area contributed by atoms with Gasteiger partial charge in [0.2, 0.25) is 5.91 Å². The Labute approximate surface area is 201 Å². The lowest BCUT2D eigenvalue weighted by atomic mass is 9.89. The number of aromatic amines is 1. The number of ether oxygens (including phenoxy) is 3. The van der Waals surface area contributed by atoms with E-state index in [1.54, 1.807) is 18.6 Å². The second-order valence-electron chi connectivity index (χ2n) is 8.87. The Morgan fingerprint density at radius 3 is 2.94 bits per heavy atom. The summed E-state index contributed by atoms with van der Waals surface area (Å²) in [7, 11) is 0. The molecule has 9 nitrogen and oxygen atoms in total. The number of carbonyl (C=O) groups is 1. The zero-order valence-corrected chi connectivity index (χ0v) is 19.3. The van der Waals surface area contributed by atoms with Crippen LogP contribution < -0.4 is 10.1 Å². The lowest BCUT2D eigenvalue weighted by Crippen LogP contribution is -2.37. The normalized spacial score (nSPS) is 19.1. The van der Waals surface area contributed by atoms with E-state index in [1.807, 2.05) is 30.5 Å². The quantitative estimate of drug-likeness (QED) is 0.456. The third kappa shape index (κ3) is 4.02. The summed E-state index contributed by atoms with van der Waals surface area (Å²) in [6, 6.07) is 7.74. The number of anilines is 1. The van der Waals surface area contributed by atoms with Crippen molar-refractivity contribution in [2.75, 3.05) is 25.1 Å². The van der Waals surface area contributed by atoms with E-state index in [2.05, 4.69) is 20.3 Å². The van der Waals surface area contributed by atoms with Gasteiger partial charge in [0, 0.05) is 67.5 Å². The molecule has 4 aromatic rings. The number of aromatic nitrogens is 4. The van der Waals surface area contributed by atoms with Gasteiger partial charge in [-0.2, -0.15) is 0 Å². The number of carbonyl (C=O) groups excluding carboxylic acids is 1. The molecule has 6 heterocycles. The molecule has 1 spiro atoms. The fourth-order valence-electron chi connectivity index (χ4n) is 4.82. The van der Waals surface area contributed by atoms with Crippen molar-refractivity contribution >= 4 is 22.6 Å². The number of fused-ring (bicyclic) bond motifs is 3. The molecule has 0 bridgehead atoms. The maximum Gasteiger partial charge on any atom is 0.222 e. The molecule has 4 aromatic heterocycles. The highest BCUT2D eigenvalue weighted by Gasteiger charge is 2.44. The lowest BCUT2D eigenvalue weighted by Gasteiger charge is -2.34. The molecule has 2 aliphatic rings. The molecule has 1 saturated heterocycles. The number of H-pyrrole nitrogens is 1. The average Bonchev–Trinajstić information content (AvgIpc) is 3.51. The Bertz CT molecular complexity index is 1400. The lowest BCUT2D eigenvalue weighted by molar-refractivity contribution is -0.114. The minimum atomic E-state index is -0.562. The number of pyridine rings is 3. The smallest absolute Gasteiger partial charge is 0.222 e. The number of rotatable bonds is 5. The third-order valence-corrected chi connectivity index (χ3v) is 6.52.